The van der Waals surface area contributed by atoms with Gasteiger partial charge in [0.2, 0.25) is 0 Å². The molecule has 0 aliphatic carbocycles. The van der Waals surface area contributed by atoms with Gasteiger partial charge in [-0.15, -0.1) is 0 Å². The van der Waals surface area contributed by atoms with Crippen LogP contribution >= 0.6 is 23.2 Å². The van der Waals surface area contributed by atoms with Gasteiger partial charge in [0.25, 0.3) is 5.91 Å². The second-order valence-electron chi connectivity index (χ2n) is 10.6. The van der Waals surface area contributed by atoms with Gasteiger partial charge in [-0.2, -0.15) is 0 Å². The Morgan fingerprint density at radius 2 is 1.68 bits per heavy atom. The first-order valence-electron chi connectivity index (χ1n) is 13.5. The summed E-state index contributed by atoms with van der Waals surface area (Å²) in [6.45, 7) is 2.01. The molecular formula is C31H31Cl2N3O4. The lowest BCUT2D eigenvalue weighted by atomic mass is 9.76. The molecule has 1 spiro atoms. The average Bonchev–Trinajstić information content (AvgIpc) is 3.17. The molecule has 0 radical (unpaired) electrons. The first-order valence-corrected chi connectivity index (χ1v) is 14.3. The predicted octanol–water partition coefficient (Wildman–Crippen LogP) is 6.15. The number of benzene rings is 3. The highest BCUT2D eigenvalue weighted by Crippen LogP contribution is 2.49. The molecule has 40 heavy (non-hydrogen) atoms. The van der Waals surface area contributed by atoms with Gasteiger partial charge in [-0.3, -0.25) is 9.69 Å². The molecule has 2 saturated heterocycles. The van der Waals surface area contributed by atoms with Crippen molar-refractivity contribution in [3.05, 3.63) is 87.4 Å². The molecule has 3 aromatic rings. The van der Waals surface area contributed by atoms with Crippen LogP contribution in [0.1, 0.15) is 35.6 Å². The van der Waals surface area contributed by atoms with Crippen molar-refractivity contribution in [3.8, 4) is 11.5 Å². The largest absolute Gasteiger partial charge is 0.493 e. The third-order valence-electron chi connectivity index (χ3n) is 8.63. The zero-order valence-electron chi connectivity index (χ0n) is 22.5. The minimum absolute atomic E-state index is 0.0398. The highest BCUT2D eigenvalue weighted by molar-refractivity contribution is 6.42. The normalized spacial score (nSPS) is 22.4. The third kappa shape index (κ3) is 4.41. The van der Waals surface area contributed by atoms with Crippen LogP contribution in [-0.4, -0.2) is 61.1 Å². The predicted molar refractivity (Wildman–Crippen MR) is 156 cm³/mol. The number of imide groups is 1. The van der Waals surface area contributed by atoms with Crippen LogP contribution in [0.2, 0.25) is 10.0 Å². The molecule has 0 unspecified atom stereocenters. The summed E-state index contributed by atoms with van der Waals surface area (Å²) in [6.07, 6.45) is 2.59. The molecule has 2 fully saturated rings. The Bertz CT molecular complexity index is 1470. The number of halogens is 2. The first kappa shape index (κ1) is 26.9. The second-order valence-corrected chi connectivity index (χ2v) is 11.4. The molecule has 3 amide bonds. The molecular weight excluding hydrogens is 549 g/mol. The van der Waals surface area contributed by atoms with Crippen LogP contribution in [0.4, 0.5) is 10.5 Å². The van der Waals surface area contributed by atoms with Crippen molar-refractivity contribution in [1.82, 2.24) is 9.80 Å². The quantitative estimate of drug-likeness (QED) is 0.327. The van der Waals surface area contributed by atoms with Gasteiger partial charge >= 0.3 is 6.03 Å². The fourth-order valence-electron chi connectivity index (χ4n) is 6.54. The third-order valence-corrected chi connectivity index (χ3v) is 9.36. The lowest BCUT2D eigenvalue weighted by Crippen LogP contribution is -2.58. The number of amides is 3. The van der Waals surface area contributed by atoms with Crippen molar-refractivity contribution >= 4 is 40.8 Å². The Labute approximate surface area is 244 Å². The molecule has 2 atom stereocenters. The molecule has 9 heteroatoms. The number of ether oxygens (including phenoxy) is 2. The molecule has 0 saturated carbocycles. The Morgan fingerprint density at radius 1 is 0.925 bits per heavy atom. The fourth-order valence-corrected chi connectivity index (χ4v) is 6.83. The zero-order valence-corrected chi connectivity index (χ0v) is 24.0. The standard InChI is InChI=1S/C31H31Cl2N3O4/c1-39-27-16-21-11-13-34-15-12-31(19-26(34)23(21)18-28(27)40-2)29(37)36(22-8-9-24(32)25(33)17-22)30(38)35(31)14-10-20-6-4-3-5-7-20/h3-9,16-18,26H,10-15,19H2,1-2H3/t26-,31+/m0/s1. The Hall–Kier alpha value is -3.26. The number of anilines is 1. The van der Waals surface area contributed by atoms with E-state index in [1.54, 1.807) is 37.3 Å². The summed E-state index contributed by atoms with van der Waals surface area (Å²) in [5, 5.41) is 0.672. The number of nitrogens with zero attached hydrogens (tertiary/aromatic N) is 3. The molecule has 3 aromatic carbocycles. The van der Waals surface area contributed by atoms with Crippen LogP contribution in [0, 0.1) is 0 Å². The van der Waals surface area contributed by atoms with Crippen molar-refractivity contribution in [1.29, 1.82) is 0 Å². The maximum absolute atomic E-state index is 14.4. The van der Waals surface area contributed by atoms with Crippen molar-refractivity contribution in [2.75, 3.05) is 38.8 Å². The number of fused-ring (bicyclic) bond motifs is 3. The molecule has 3 aliphatic heterocycles. The minimum Gasteiger partial charge on any atom is -0.493 e. The number of carbonyl (C=O) groups is 2. The van der Waals surface area contributed by atoms with Gasteiger partial charge in [0.1, 0.15) is 5.54 Å². The van der Waals surface area contributed by atoms with Crippen LogP contribution in [0.15, 0.2) is 60.7 Å². The number of rotatable bonds is 6. The molecule has 3 aliphatic rings. The topological polar surface area (TPSA) is 62.3 Å². The monoisotopic (exact) mass is 579 g/mol. The molecule has 0 N–H and O–H groups in total. The molecule has 0 aromatic heterocycles. The summed E-state index contributed by atoms with van der Waals surface area (Å²) in [4.78, 5) is 34.1. The van der Waals surface area contributed by atoms with E-state index < -0.39 is 5.54 Å². The van der Waals surface area contributed by atoms with Crippen LogP contribution in [0.5, 0.6) is 11.5 Å². The van der Waals surface area contributed by atoms with E-state index in [1.165, 1.54) is 10.5 Å². The number of hydrogen-bond donors (Lipinski definition) is 0. The van der Waals surface area contributed by atoms with Gasteiger partial charge in [0.05, 0.1) is 30.0 Å². The van der Waals surface area contributed by atoms with Gasteiger partial charge in [-0.1, -0.05) is 53.5 Å². The Kier molecular flexibility index (Phi) is 7.15. The number of hydrogen-bond acceptors (Lipinski definition) is 5. The van der Waals surface area contributed by atoms with E-state index in [0.717, 1.165) is 24.1 Å². The number of piperidine rings is 1. The average molecular weight is 581 g/mol. The van der Waals surface area contributed by atoms with Crippen molar-refractivity contribution in [3.63, 3.8) is 0 Å². The van der Waals surface area contributed by atoms with Crippen LogP contribution in [0.25, 0.3) is 0 Å². The van der Waals surface area contributed by atoms with Crippen LogP contribution < -0.4 is 14.4 Å². The highest BCUT2D eigenvalue weighted by atomic mass is 35.5. The van der Waals surface area contributed by atoms with Gasteiger partial charge in [0, 0.05) is 25.7 Å². The smallest absolute Gasteiger partial charge is 0.332 e. The van der Waals surface area contributed by atoms with Gasteiger partial charge in [-0.25, -0.2) is 9.69 Å². The molecule has 208 valence electrons. The van der Waals surface area contributed by atoms with Crippen molar-refractivity contribution < 1.29 is 19.1 Å². The number of urea groups is 1. The summed E-state index contributed by atoms with van der Waals surface area (Å²) >= 11 is 12.5. The van der Waals surface area contributed by atoms with Gasteiger partial charge < -0.3 is 14.4 Å². The Balaban J connectivity index is 1.41. The van der Waals surface area contributed by atoms with E-state index in [1.807, 2.05) is 42.5 Å². The van der Waals surface area contributed by atoms with E-state index in [0.29, 0.717) is 59.6 Å². The maximum Gasteiger partial charge on any atom is 0.332 e. The SMILES string of the molecule is COc1cc2c(cc1OC)[C@@H]1C[C@]3(CCN1CC2)C(=O)N(c1ccc(Cl)c(Cl)c1)C(=O)N3CCc1ccccc1. The van der Waals surface area contributed by atoms with E-state index >= 15 is 0 Å². The lowest BCUT2D eigenvalue weighted by molar-refractivity contribution is -0.129. The first-order chi connectivity index (χ1) is 19.4. The maximum atomic E-state index is 14.4. The van der Waals surface area contributed by atoms with Crippen molar-refractivity contribution in [2.24, 2.45) is 0 Å². The van der Waals surface area contributed by atoms with Crippen LogP contribution in [0.3, 0.4) is 0 Å². The minimum atomic E-state index is -0.985. The summed E-state index contributed by atoms with van der Waals surface area (Å²) < 4.78 is 11.2. The van der Waals surface area contributed by atoms with E-state index in [9.17, 15) is 9.59 Å². The van der Waals surface area contributed by atoms with Gasteiger partial charge in [0.15, 0.2) is 11.5 Å². The lowest BCUT2D eigenvalue weighted by Gasteiger charge is -2.49. The summed E-state index contributed by atoms with van der Waals surface area (Å²) in [5.41, 5.74) is 2.87. The molecule has 0 bridgehead atoms. The van der Waals surface area contributed by atoms with E-state index in [-0.39, 0.29) is 18.0 Å². The summed E-state index contributed by atoms with van der Waals surface area (Å²) in [7, 11) is 3.27. The molecule has 7 nitrogen and oxygen atoms in total. The fraction of sp³-hybridized carbons (Fsp3) is 0.355. The molecule has 6 rings (SSSR count). The zero-order chi connectivity index (χ0) is 28.0. The summed E-state index contributed by atoms with van der Waals surface area (Å²) in [6, 6.07) is 18.7. The second kappa shape index (κ2) is 10.6. The van der Waals surface area contributed by atoms with Crippen molar-refractivity contribution in [2.45, 2.75) is 37.3 Å². The highest BCUT2D eigenvalue weighted by Gasteiger charge is 2.60. The van der Waals surface area contributed by atoms with E-state index in [2.05, 4.69) is 4.90 Å². The van der Waals surface area contributed by atoms with E-state index in [4.69, 9.17) is 32.7 Å². The number of methoxy groups -OCH3 is 2. The molecule has 3 heterocycles. The Morgan fingerprint density at radius 3 is 2.40 bits per heavy atom. The van der Waals surface area contributed by atoms with Crippen LogP contribution in [-0.2, 0) is 17.6 Å². The van der Waals surface area contributed by atoms with Gasteiger partial charge in [-0.05, 0) is 72.7 Å². The summed E-state index contributed by atoms with van der Waals surface area (Å²) in [5.74, 6) is 1.15. The number of carbonyl (C=O) groups excluding carboxylic acids is 2.